The molecule has 0 spiro atoms. The summed E-state index contributed by atoms with van der Waals surface area (Å²) in [6, 6.07) is 14.2. The van der Waals surface area contributed by atoms with Crippen LogP contribution in [-0.4, -0.2) is 17.5 Å². The molecule has 0 aliphatic rings. The summed E-state index contributed by atoms with van der Waals surface area (Å²) in [5.74, 6) is 1.24. The van der Waals surface area contributed by atoms with Gasteiger partial charge in [0.25, 0.3) is 0 Å². The molecule has 2 aromatic carbocycles. The van der Waals surface area contributed by atoms with Crippen molar-refractivity contribution in [2.24, 2.45) is 4.99 Å². The molecular formula is C22H26FIN4OS. The maximum absolute atomic E-state index is 13.2. The van der Waals surface area contributed by atoms with Crippen molar-refractivity contribution in [1.82, 2.24) is 15.6 Å². The summed E-state index contributed by atoms with van der Waals surface area (Å²) in [6.45, 7) is 6.41. The first-order valence-electron chi connectivity index (χ1n) is 9.52. The number of nitrogens with one attached hydrogen (secondary N) is 2. The fourth-order valence-electron chi connectivity index (χ4n) is 2.64. The van der Waals surface area contributed by atoms with Crippen molar-refractivity contribution in [2.75, 3.05) is 6.54 Å². The fraction of sp³-hybridized carbons (Fsp3) is 0.273. The van der Waals surface area contributed by atoms with Crippen LogP contribution in [0, 0.1) is 12.7 Å². The Morgan fingerprint density at radius 1 is 1.13 bits per heavy atom. The zero-order valence-electron chi connectivity index (χ0n) is 17.0. The van der Waals surface area contributed by atoms with Gasteiger partial charge in [-0.1, -0.05) is 24.3 Å². The van der Waals surface area contributed by atoms with E-state index >= 15 is 0 Å². The molecular weight excluding hydrogens is 514 g/mol. The summed E-state index contributed by atoms with van der Waals surface area (Å²) >= 11 is 1.68. The van der Waals surface area contributed by atoms with E-state index in [9.17, 15) is 4.39 Å². The number of thiazole rings is 1. The fourth-order valence-corrected chi connectivity index (χ4v) is 3.37. The number of aromatic nitrogens is 1. The van der Waals surface area contributed by atoms with Crippen LogP contribution in [0.25, 0.3) is 0 Å². The second-order valence-electron chi connectivity index (χ2n) is 6.48. The van der Waals surface area contributed by atoms with Gasteiger partial charge in [0, 0.05) is 17.6 Å². The highest BCUT2D eigenvalue weighted by atomic mass is 127. The highest BCUT2D eigenvalue weighted by Gasteiger charge is 2.02. The highest BCUT2D eigenvalue weighted by molar-refractivity contribution is 14.0. The Bertz CT molecular complexity index is 946. The number of aliphatic imine (C=N–C) groups is 1. The number of hydrogen-bond donors (Lipinski definition) is 2. The van der Waals surface area contributed by atoms with Gasteiger partial charge in [0.1, 0.15) is 23.2 Å². The average Bonchev–Trinajstić information content (AvgIpc) is 3.14. The molecule has 160 valence electrons. The third kappa shape index (κ3) is 7.91. The normalized spacial score (nSPS) is 11.0. The molecule has 2 N–H and O–H groups in total. The Hall–Kier alpha value is -2.20. The van der Waals surface area contributed by atoms with Crippen LogP contribution in [0.1, 0.15) is 27.9 Å². The molecule has 1 aromatic heterocycles. The maximum Gasteiger partial charge on any atom is 0.191 e. The molecule has 0 aliphatic heterocycles. The molecule has 0 radical (unpaired) electrons. The molecule has 8 heteroatoms. The van der Waals surface area contributed by atoms with Crippen molar-refractivity contribution in [1.29, 1.82) is 0 Å². The second kappa shape index (κ2) is 12.5. The topological polar surface area (TPSA) is 58.5 Å². The van der Waals surface area contributed by atoms with Crippen LogP contribution >= 0.6 is 35.3 Å². The van der Waals surface area contributed by atoms with E-state index in [-0.39, 0.29) is 29.8 Å². The second-order valence-corrected chi connectivity index (χ2v) is 7.80. The van der Waals surface area contributed by atoms with Gasteiger partial charge < -0.3 is 15.4 Å². The van der Waals surface area contributed by atoms with Gasteiger partial charge in [0.15, 0.2) is 5.96 Å². The zero-order chi connectivity index (χ0) is 20.5. The van der Waals surface area contributed by atoms with Crippen LogP contribution in [0.5, 0.6) is 5.75 Å². The predicted molar refractivity (Wildman–Crippen MR) is 131 cm³/mol. The van der Waals surface area contributed by atoms with Crippen molar-refractivity contribution >= 4 is 41.3 Å². The van der Waals surface area contributed by atoms with Crippen LogP contribution in [0.3, 0.4) is 0 Å². The quantitative estimate of drug-likeness (QED) is 0.239. The number of aryl methyl sites for hydroxylation is 1. The van der Waals surface area contributed by atoms with E-state index < -0.39 is 0 Å². The van der Waals surface area contributed by atoms with Gasteiger partial charge in [-0.3, -0.25) is 0 Å². The van der Waals surface area contributed by atoms with Crippen LogP contribution in [0.15, 0.2) is 59.7 Å². The molecule has 0 atom stereocenters. The molecule has 5 nitrogen and oxygen atoms in total. The average molecular weight is 540 g/mol. The zero-order valence-corrected chi connectivity index (χ0v) is 20.2. The summed E-state index contributed by atoms with van der Waals surface area (Å²) in [7, 11) is 0. The SMILES string of the molecule is CCNC(=NCc1ccc(OCc2cccc(F)c2)cc1)NCc1ncc(C)s1.I. The highest BCUT2D eigenvalue weighted by Crippen LogP contribution is 2.15. The lowest BCUT2D eigenvalue weighted by Crippen LogP contribution is -2.36. The van der Waals surface area contributed by atoms with E-state index in [0.29, 0.717) is 19.7 Å². The summed E-state index contributed by atoms with van der Waals surface area (Å²) in [4.78, 5) is 10.2. The first-order valence-corrected chi connectivity index (χ1v) is 10.3. The maximum atomic E-state index is 13.2. The number of benzene rings is 2. The lowest BCUT2D eigenvalue weighted by atomic mass is 10.2. The molecule has 0 saturated heterocycles. The van der Waals surface area contributed by atoms with Crippen molar-refractivity contribution in [3.63, 3.8) is 0 Å². The summed E-state index contributed by atoms with van der Waals surface area (Å²) < 4.78 is 18.9. The van der Waals surface area contributed by atoms with Gasteiger partial charge in [-0.05, 0) is 49.2 Å². The van der Waals surface area contributed by atoms with E-state index in [1.54, 1.807) is 17.4 Å². The molecule has 30 heavy (non-hydrogen) atoms. The number of hydrogen-bond acceptors (Lipinski definition) is 4. The van der Waals surface area contributed by atoms with Gasteiger partial charge in [0.2, 0.25) is 0 Å². The predicted octanol–water partition coefficient (Wildman–Crippen LogP) is 5.04. The van der Waals surface area contributed by atoms with Gasteiger partial charge in [-0.25, -0.2) is 14.4 Å². The van der Waals surface area contributed by atoms with Crippen molar-refractivity contribution in [2.45, 2.75) is 33.5 Å². The summed E-state index contributed by atoms with van der Waals surface area (Å²) in [5.41, 5.74) is 1.88. The molecule has 0 saturated carbocycles. The Morgan fingerprint density at radius 2 is 1.93 bits per heavy atom. The first kappa shape index (κ1) is 24.1. The molecule has 1 heterocycles. The van der Waals surface area contributed by atoms with Crippen LogP contribution in [-0.2, 0) is 19.7 Å². The number of rotatable bonds is 8. The Labute approximate surface area is 197 Å². The van der Waals surface area contributed by atoms with Gasteiger partial charge >= 0.3 is 0 Å². The van der Waals surface area contributed by atoms with Gasteiger partial charge in [-0.15, -0.1) is 35.3 Å². The molecule has 0 bridgehead atoms. The minimum atomic E-state index is -0.255. The third-order valence-corrected chi connectivity index (χ3v) is 4.97. The Morgan fingerprint density at radius 3 is 2.60 bits per heavy atom. The summed E-state index contributed by atoms with van der Waals surface area (Å²) in [6.07, 6.45) is 1.88. The summed E-state index contributed by atoms with van der Waals surface area (Å²) in [5, 5.41) is 7.59. The molecule has 3 rings (SSSR count). The van der Waals surface area contributed by atoms with Crippen molar-refractivity contribution < 1.29 is 9.13 Å². The number of guanidine groups is 1. The van der Waals surface area contributed by atoms with E-state index in [4.69, 9.17) is 4.74 Å². The van der Waals surface area contributed by atoms with E-state index in [0.717, 1.165) is 34.4 Å². The smallest absolute Gasteiger partial charge is 0.191 e. The molecule has 3 aromatic rings. The standard InChI is InChI=1S/C22H25FN4OS.HI/c1-3-24-22(27-14-21-25-12-16(2)29-21)26-13-17-7-9-20(10-8-17)28-15-18-5-4-6-19(23)11-18;/h4-12H,3,13-15H2,1-2H3,(H2,24,26,27);1H. The van der Waals surface area contributed by atoms with Crippen LogP contribution in [0.2, 0.25) is 0 Å². The van der Waals surface area contributed by atoms with E-state index in [2.05, 4.69) is 20.6 Å². The lowest BCUT2D eigenvalue weighted by molar-refractivity contribution is 0.305. The number of ether oxygens (including phenoxy) is 1. The number of nitrogens with zero attached hydrogens (tertiary/aromatic N) is 2. The molecule has 0 unspecified atom stereocenters. The Balaban J connectivity index is 0.00000320. The third-order valence-electron chi connectivity index (χ3n) is 4.06. The largest absolute Gasteiger partial charge is 0.489 e. The molecule has 0 amide bonds. The van der Waals surface area contributed by atoms with E-state index in [1.165, 1.54) is 17.0 Å². The minimum Gasteiger partial charge on any atom is -0.489 e. The molecule has 0 fully saturated rings. The van der Waals surface area contributed by atoms with Crippen molar-refractivity contribution in [3.05, 3.63) is 81.6 Å². The molecule has 0 aliphatic carbocycles. The Kier molecular flexibility index (Phi) is 10.0. The monoisotopic (exact) mass is 540 g/mol. The van der Waals surface area contributed by atoms with E-state index in [1.807, 2.05) is 50.4 Å². The van der Waals surface area contributed by atoms with Crippen LogP contribution < -0.4 is 15.4 Å². The first-order chi connectivity index (χ1) is 14.1. The van der Waals surface area contributed by atoms with Crippen molar-refractivity contribution in [3.8, 4) is 5.75 Å². The van der Waals surface area contributed by atoms with Gasteiger partial charge in [-0.2, -0.15) is 0 Å². The number of halogens is 2. The van der Waals surface area contributed by atoms with Gasteiger partial charge in [0.05, 0.1) is 13.1 Å². The van der Waals surface area contributed by atoms with Crippen LogP contribution in [0.4, 0.5) is 4.39 Å². The minimum absolute atomic E-state index is 0. The lowest BCUT2D eigenvalue weighted by Gasteiger charge is -2.10.